The number of hydrogen-bond donors (Lipinski definition) is 0. The number of aryl methyl sites for hydroxylation is 5. The maximum Gasteiger partial charge on any atom is 0.212 e. The molecule has 1 nitrogen and oxygen atoms in total. The van der Waals surface area contributed by atoms with E-state index in [0.717, 1.165) is 6.42 Å². The van der Waals surface area contributed by atoms with E-state index < -0.39 is 0 Å². The zero-order valence-corrected chi connectivity index (χ0v) is 12.0. The Kier molecular flexibility index (Phi) is 3.51. The van der Waals surface area contributed by atoms with E-state index in [1.165, 1.54) is 33.5 Å². The van der Waals surface area contributed by atoms with Crippen LogP contribution in [0.3, 0.4) is 0 Å². The quantitative estimate of drug-likeness (QED) is 0.705. The first-order valence-electron chi connectivity index (χ1n) is 6.59. The van der Waals surface area contributed by atoms with E-state index in [2.05, 4.69) is 69.8 Å². The first kappa shape index (κ1) is 12.8. The van der Waals surface area contributed by atoms with Gasteiger partial charge in [0.15, 0.2) is 6.20 Å². The summed E-state index contributed by atoms with van der Waals surface area (Å²) in [4.78, 5) is 0. The highest BCUT2D eigenvalue weighted by molar-refractivity contribution is 5.62. The van der Waals surface area contributed by atoms with E-state index in [0.29, 0.717) is 0 Å². The van der Waals surface area contributed by atoms with Gasteiger partial charge in [0.1, 0.15) is 7.05 Å². The molecule has 0 aliphatic carbocycles. The highest BCUT2D eigenvalue weighted by atomic mass is 14.9. The van der Waals surface area contributed by atoms with Crippen molar-refractivity contribution < 1.29 is 4.57 Å². The van der Waals surface area contributed by atoms with Crippen molar-refractivity contribution in [1.29, 1.82) is 0 Å². The predicted octanol–water partition coefficient (Wildman–Crippen LogP) is 3.67. The van der Waals surface area contributed by atoms with Gasteiger partial charge in [0, 0.05) is 17.2 Å². The van der Waals surface area contributed by atoms with Gasteiger partial charge in [-0.1, -0.05) is 24.6 Å². The summed E-state index contributed by atoms with van der Waals surface area (Å²) in [6.07, 6.45) is 3.34. The molecule has 0 aliphatic heterocycles. The topological polar surface area (TPSA) is 3.88 Å². The van der Waals surface area contributed by atoms with Gasteiger partial charge in [-0.3, -0.25) is 0 Å². The molecule has 1 aromatic carbocycles. The lowest BCUT2D eigenvalue weighted by Gasteiger charge is -2.08. The van der Waals surface area contributed by atoms with Gasteiger partial charge in [-0.05, 0) is 44.4 Å². The van der Waals surface area contributed by atoms with Gasteiger partial charge in [0.05, 0.1) is 0 Å². The van der Waals surface area contributed by atoms with E-state index >= 15 is 0 Å². The molecule has 1 heteroatoms. The minimum absolute atomic E-state index is 1.09. The molecule has 0 N–H and O–H groups in total. The van der Waals surface area contributed by atoms with Crippen molar-refractivity contribution in [3.05, 3.63) is 52.7 Å². The molecule has 94 valence electrons. The van der Waals surface area contributed by atoms with Gasteiger partial charge in [-0.25, -0.2) is 4.57 Å². The van der Waals surface area contributed by atoms with E-state index in [-0.39, 0.29) is 0 Å². The number of hydrogen-bond acceptors (Lipinski definition) is 0. The summed E-state index contributed by atoms with van der Waals surface area (Å²) in [5.74, 6) is 0. The fraction of sp³-hybridized carbons (Fsp3) is 0.353. The third-order valence-electron chi connectivity index (χ3n) is 3.63. The van der Waals surface area contributed by atoms with Gasteiger partial charge < -0.3 is 0 Å². The normalized spacial score (nSPS) is 10.7. The van der Waals surface area contributed by atoms with Crippen LogP contribution in [0.5, 0.6) is 0 Å². The van der Waals surface area contributed by atoms with Crippen LogP contribution in [0.25, 0.3) is 11.3 Å². The maximum absolute atomic E-state index is 2.30. The number of benzene rings is 1. The fourth-order valence-electron chi connectivity index (χ4n) is 2.54. The van der Waals surface area contributed by atoms with Crippen LogP contribution < -0.4 is 4.57 Å². The highest BCUT2D eigenvalue weighted by Gasteiger charge is 2.14. The van der Waals surface area contributed by atoms with Crippen LogP contribution in [-0.2, 0) is 13.5 Å². The van der Waals surface area contributed by atoms with Gasteiger partial charge in [-0.15, -0.1) is 0 Å². The molecule has 1 heterocycles. The molecule has 0 spiro atoms. The van der Waals surface area contributed by atoms with Crippen molar-refractivity contribution >= 4 is 0 Å². The van der Waals surface area contributed by atoms with Crippen LogP contribution in [0, 0.1) is 20.8 Å². The molecule has 0 amide bonds. The Balaban J connectivity index is 2.60. The lowest BCUT2D eigenvalue weighted by atomic mass is 9.99. The number of nitrogens with zero attached hydrogens (tertiary/aromatic N) is 1. The molecule has 1 aromatic heterocycles. The number of rotatable bonds is 2. The van der Waals surface area contributed by atoms with Crippen LogP contribution >= 0.6 is 0 Å². The van der Waals surface area contributed by atoms with Crippen LogP contribution in [0.4, 0.5) is 0 Å². The number of pyridine rings is 1. The average molecular weight is 240 g/mol. The minimum atomic E-state index is 1.09. The molecule has 2 aromatic rings. The lowest BCUT2D eigenvalue weighted by Crippen LogP contribution is -2.32. The van der Waals surface area contributed by atoms with Crippen LogP contribution in [0.2, 0.25) is 0 Å². The van der Waals surface area contributed by atoms with E-state index in [9.17, 15) is 0 Å². The first-order chi connectivity index (χ1) is 8.52. The predicted molar refractivity (Wildman–Crippen MR) is 76.6 cm³/mol. The molecular weight excluding hydrogens is 218 g/mol. The summed E-state index contributed by atoms with van der Waals surface area (Å²) >= 11 is 0. The molecular formula is C17H22N+. The number of aromatic nitrogens is 1. The molecule has 0 saturated heterocycles. The molecule has 0 fully saturated rings. The Morgan fingerprint density at radius 2 is 1.72 bits per heavy atom. The van der Waals surface area contributed by atoms with Crippen molar-refractivity contribution in [3.63, 3.8) is 0 Å². The second-order valence-corrected chi connectivity index (χ2v) is 5.15. The van der Waals surface area contributed by atoms with Gasteiger partial charge in [0.2, 0.25) is 5.69 Å². The van der Waals surface area contributed by atoms with Crippen molar-refractivity contribution in [2.45, 2.75) is 34.1 Å². The Bertz CT molecular complexity index is 582. The standard InChI is InChI=1S/C17H22N/c1-6-15-11-18(5)17(10-13(15)3)16-8-7-12(2)9-14(16)4/h7-11H,6H2,1-5H3/q+1. The van der Waals surface area contributed by atoms with Crippen molar-refractivity contribution in [3.8, 4) is 11.3 Å². The zero-order valence-electron chi connectivity index (χ0n) is 12.0. The Morgan fingerprint density at radius 1 is 1.00 bits per heavy atom. The SMILES string of the molecule is CCc1c[n+](C)c(-c2ccc(C)cc2C)cc1C. The monoisotopic (exact) mass is 240 g/mol. The summed E-state index contributed by atoms with van der Waals surface area (Å²) in [6.45, 7) is 8.73. The molecule has 0 saturated carbocycles. The fourth-order valence-corrected chi connectivity index (χ4v) is 2.54. The Labute approximate surface area is 110 Å². The average Bonchev–Trinajstić information content (AvgIpc) is 2.32. The summed E-state index contributed by atoms with van der Waals surface area (Å²) in [6, 6.07) is 8.96. The largest absolute Gasteiger partial charge is 0.212 e. The Morgan fingerprint density at radius 3 is 2.33 bits per heavy atom. The first-order valence-corrected chi connectivity index (χ1v) is 6.59. The van der Waals surface area contributed by atoms with Crippen molar-refractivity contribution in [1.82, 2.24) is 0 Å². The molecule has 2 rings (SSSR count). The van der Waals surface area contributed by atoms with Crippen LogP contribution in [0.1, 0.15) is 29.2 Å². The summed E-state index contributed by atoms with van der Waals surface area (Å²) in [5.41, 5.74) is 8.09. The highest BCUT2D eigenvalue weighted by Crippen LogP contribution is 2.23. The smallest absolute Gasteiger partial charge is 0.201 e. The van der Waals surface area contributed by atoms with Crippen molar-refractivity contribution in [2.75, 3.05) is 0 Å². The molecule has 0 aliphatic rings. The summed E-state index contributed by atoms with van der Waals surface area (Å²) in [7, 11) is 2.13. The van der Waals surface area contributed by atoms with Crippen molar-refractivity contribution in [2.24, 2.45) is 7.05 Å². The zero-order chi connectivity index (χ0) is 13.3. The molecule has 0 radical (unpaired) electrons. The molecule has 18 heavy (non-hydrogen) atoms. The van der Waals surface area contributed by atoms with Crippen LogP contribution in [-0.4, -0.2) is 0 Å². The summed E-state index contributed by atoms with van der Waals surface area (Å²) in [5, 5.41) is 0. The summed E-state index contributed by atoms with van der Waals surface area (Å²) < 4.78 is 2.24. The van der Waals surface area contributed by atoms with Crippen LogP contribution in [0.15, 0.2) is 30.5 Å². The second kappa shape index (κ2) is 4.93. The van der Waals surface area contributed by atoms with Gasteiger partial charge >= 0.3 is 0 Å². The second-order valence-electron chi connectivity index (χ2n) is 5.15. The molecule has 0 unspecified atom stereocenters. The van der Waals surface area contributed by atoms with E-state index in [1.807, 2.05) is 0 Å². The van der Waals surface area contributed by atoms with Gasteiger partial charge in [0.25, 0.3) is 0 Å². The lowest BCUT2D eigenvalue weighted by molar-refractivity contribution is -0.660. The molecule has 0 atom stereocenters. The van der Waals surface area contributed by atoms with Gasteiger partial charge in [-0.2, -0.15) is 0 Å². The third-order valence-corrected chi connectivity index (χ3v) is 3.63. The molecule has 0 bridgehead atoms. The van der Waals surface area contributed by atoms with E-state index in [4.69, 9.17) is 0 Å². The third kappa shape index (κ3) is 2.31. The van der Waals surface area contributed by atoms with E-state index in [1.54, 1.807) is 0 Å². The minimum Gasteiger partial charge on any atom is -0.201 e. The Hall–Kier alpha value is -1.63. The maximum atomic E-state index is 2.30.